The summed E-state index contributed by atoms with van der Waals surface area (Å²) in [6.07, 6.45) is 3.14. The molecule has 9 heteroatoms. The average Bonchev–Trinajstić information content (AvgIpc) is 2.91. The van der Waals surface area contributed by atoms with Crippen LogP contribution in [-0.2, 0) is 32.6 Å². The minimum Gasteiger partial charge on any atom is -0.354 e. The Morgan fingerprint density at radius 1 is 0.900 bits per heavy atom. The summed E-state index contributed by atoms with van der Waals surface area (Å²) in [6.45, 7) is 5.92. The molecule has 0 fully saturated rings. The fourth-order valence-electron chi connectivity index (χ4n) is 4.62. The second-order valence-electron chi connectivity index (χ2n) is 10.0. The van der Waals surface area contributed by atoms with Crippen molar-refractivity contribution >= 4 is 43.5 Å². The number of anilines is 1. The van der Waals surface area contributed by atoms with Crippen molar-refractivity contribution < 1.29 is 18.0 Å². The topological polar surface area (TPSA) is 86.8 Å². The largest absolute Gasteiger partial charge is 0.354 e. The van der Waals surface area contributed by atoms with E-state index in [1.54, 1.807) is 0 Å². The van der Waals surface area contributed by atoms with Crippen LogP contribution in [0.25, 0.3) is 0 Å². The van der Waals surface area contributed by atoms with Crippen LogP contribution in [-0.4, -0.2) is 50.5 Å². The van der Waals surface area contributed by atoms with Crippen LogP contribution in [0.15, 0.2) is 77.3 Å². The lowest BCUT2D eigenvalue weighted by Gasteiger charge is -2.34. The molecule has 7 nitrogen and oxygen atoms in total. The Hall–Kier alpha value is -3.17. The number of carbonyl (C=O) groups is 2. The number of benzene rings is 3. The first-order valence-electron chi connectivity index (χ1n) is 13.4. The Morgan fingerprint density at radius 3 is 2.10 bits per heavy atom. The van der Waals surface area contributed by atoms with Crippen molar-refractivity contribution in [2.75, 3.05) is 23.7 Å². The van der Waals surface area contributed by atoms with Crippen LogP contribution in [0.4, 0.5) is 5.69 Å². The number of amides is 2. The number of unbranched alkanes of at least 4 members (excludes halogenated alkanes) is 1. The van der Waals surface area contributed by atoms with Gasteiger partial charge < -0.3 is 10.2 Å². The molecular weight excluding hydrogens is 590 g/mol. The van der Waals surface area contributed by atoms with Gasteiger partial charge in [0.15, 0.2) is 0 Å². The van der Waals surface area contributed by atoms with E-state index in [2.05, 4.69) is 21.2 Å². The zero-order valence-corrected chi connectivity index (χ0v) is 26.0. The highest BCUT2D eigenvalue weighted by atomic mass is 79.9. The fourth-order valence-corrected chi connectivity index (χ4v) is 5.85. The molecule has 2 amide bonds. The second-order valence-corrected chi connectivity index (χ2v) is 12.8. The van der Waals surface area contributed by atoms with Crippen molar-refractivity contribution in [2.24, 2.45) is 0 Å². The van der Waals surface area contributed by atoms with Crippen LogP contribution in [0.3, 0.4) is 0 Å². The van der Waals surface area contributed by atoms with Crippen LogP contribution in [0.1, 0.15) is 42.0 Å². The molecule has 0 bridgehead atoms. The van der Waals surface area contributed by atoms with E-state index in [0.717, 1.165) is 50.1 Å². The third kappa shape index (κ3) is 8.66. The van der Waals surface area contributed by atoms with Gasteiger partial charge in [0.1, 0.15) is 12.6 Å². The smallest absolute Gasteiger partial charge is 0.244 e. The van der Waals surface area contributed by atoms with Gasteiger partial charge in [-0.15, -0.1) is 0 Å². The number of hydrogen-bond acceptors (Lipinski definition) is 4. The Morgan fingerprint density at radius 2 is 1.52 bits per heavy atom. The van der Waals surface area contributed by atoms with Gasteiger partial charge in [-0.25, -0.2) is 8.42 Å². The number of nitrogens with zero attached hydrogens (tertiary/aromatic N) is 2. The van der Waals surface area contributed by atoms with Gasteiger partial charge in [0.2, 0.25) is 21.8 Å². The highest BCUT2D eigenvalue weighted by Crippen LogP contribution is 2.27. The minimum atomic E-state index is -3.81. The summed E-state index contributed by atoms with van der Waals surface area (Å²) in [5.74, 6) is -0.719. The fraction of sp³-hybridized carbons (Fsp3) is 0.355. The second kappa shape index (κ2) is 14.5. The molecule has 3 rings (SSSR count). The number of rotatable bonds is 13. The molecule has 1 atom stereocenters. The molecule has 40 heavy (non-hydrogen) atoms. The maximum atomic E-state index is 14.2. The zero-order chi connectivity index (χ0) is 29.3. The van der Waals surface area contributed by atoms with Crippen LogP contribution in [0, 0.1) is 13.8 Å². The zero-order valence-electron chi connectivity index (χ0n) is 23.6. The molecule has 1 N–H and O–H groups in total. The van der Waals surface area contributed by atoms with E-state index in [9.17, 15) is 18.0 Å². The van der Waals surface area contributed by atoms with E-state index in [0.29, 0.717) is 18.7 Å². The lowest BCUT2D eigenvalue weighted by molar-refractivity contribution is -0.140. The summed E-state index contributed by atoms with van der Waals surface area (Å²) in [6, 6.07) is 21.7. The monoisotopic (exact) mass is 627 g/mol. The van der Waals surface area contributed by atoms with Crippen LogP contribution in [0.5, 0.6) is 0 Å². The molecule has 0 saturated heterocycles. The first kappa shape index (κ1) is 31.4. The summed E-state index contributed by atoms with van der Waals surface area (Å²) < 4.78 is 28.1. The molecule has 0 spiro atoms. The quantitative estimate of drug-likeness (QED) is 0.258. The van der Waals surface area contributed by atoms with Gasteiger partial charge in [-0.05, 0) is 54.7 Å². The summed E-state index contributed by atoms with van der Waals surface area (Å²) in [7, 11) is -3.81. The first-order valence-corrected chi connectivity index (χ1v) is 16.0. The van der Waals surface area contributed by atoms with Gasteiger partial charge in [0.25, 0.3) is 0 Å². The van der Waals surface area contributed by atoms with E-state index < -0.39 is 28.5 Å². The summed E-state index contributed by atoms with van der Waals surface area (Å²) in [5.41, 5.74) is 3.70. The standard InChI is InChI=1S/C31H38BrN3O4S/c1-5-6-19-33-31(37)28(20-25-13-8-7-9-14-25)34(21-26-15-17-27(32)18-16-26)29(36)22-35(40(4,38)39)30-23(2)11-10-12-24(30)3/h7-18,28H,5-6,19-22H2,1-4H3,(H,33,37)/t28-/m1/s1. The van der Waals surface area contributed by atoms with Gasteiger partial charge in [-0.1, -0.05) is 89.9 Å². The molecule has 3 aromatic carbocycles. The third-order valence-electron chi connectivity index (χ3n) is 6.73. The van der Waals surface area contributed by atoms with Gasteiger partial charge in [-0.2, -0.15) is 0 Å². The molecule has 0 aliphatic heterocycles. The number of sulfonamides is 1. The summed E-state index contributed by atoms with van der Waals surface area (Å²) in [4.78, 5) is 29.3. The Labute approximate surface area is 246 Å². The molecular formula is C31H38BrN3O4S. The number of hydrogen-bond donors (Lipinski definition) is 1. The van der Waals surface area contributed by atoms with Crippen LogP contribution < -0.4 is 9.62 Å². The summed E-state index contributed by atoms with van der Waals surface area (Å²) in [5, 5.41) is 3.00. The molecule has 0 saturated carbocycles. The van der Waals surface area contributed by atoms with Crippen molar-refractivity contribution in [3.05, 3.63) is 99.5 Å². The Balaban J connectivity index is 2.06. The van der Waals surface area contributed by atoms with Crippen molar-refractivity contribution in [2.45, 2.75) is 52.6 Å². The number of nitrogens with one attached hydrogen (secondary N) is 1. The van der Waals surface area contributed by atoms with E-state index in [-0.39, 0.29) is 12.5 Å². The Bertz CT molecular complexity index is 1380. The average molecular weight is 629 g/mol. The SMILES string of the molecule is CCCCNC(=O)[C@@H](Cc1ccccc1)N(Cc1ccc(Br)cc1)C(=O)CN(c1c(C)cccc1C)S(C)(=O)=O. The molecule has 0 aromatic heterocycles. The van der Waals surface area contributed by atoms with E-state index in [1.165, 1.54) is 4.90 Å². The normalized spacial score (nSPS) is 12.0. The Kier molecular flexibility index (Phi) is 11.3. The molecule has 0 aliphatic carbocycles. The number of aryl methyl sites for hydroxylation is 2. The number of halogens is 1. The maximum Gasteiger partial charge on any atom is 0.244 e. The third-order valence-corrected chi connectivity index (χ3v) is 8.38. The maximum absolute atomic E-state index is 14.2. The van der Waals surface area contributed by atoms with E-state index >= 15 is 0 Å². The van der Waals surface area contributed by atoms with E-state index in [4.69, 9.17) is 0 Å². The highest BCUT2D eigenvalue weighted by Gasteiger charge is 2.33. The van der Waals surface area contributed by atoms with Crippen molar-refractivity contribution in [1.82, 2.24) is 10.2 Å². The predicted octanol–water partition coefficient (Wildman–Crippen LogP) is 5.39. The molecule has 0 radical (unpaired) electrons. The van der Waals surface area contributed by atoms with Crippen molar-refractivity contribution in [3.63, 3.8) is 0 Å². The number of carbonyl (C=O) groups excluding carboxylic acids is 2. The van der Waals surface area contributed by atoms with Crippen LogP contribution >= 0.6 is 15.9 Å². The molecule has 214 valence electrons. The van der Waals surface area contributed by atoms with Crippen molar-refractivity contribution in [1.29, 1.82) is 0 Å². The molecule has 0 unspecified atom stereocenters. The lowest BCUT2D eigenvalue weighted by atomic mass is 10.0. The van der Waals surface area contributed by atoms with E-state index in [1.807, 2.05) is 93.6 Å². The summed E-state index contributed by atoms with van der Waals surface area (Å²) >= 11 is 3.45. The lowest BCUT2D eigenvalue weighted by Crippen LogP contribution is -2.53. The first-order chi connectivity index (χ1) is 19.0. The van der Waals surface area contributed by atoms with Crippen molar-refractivity contribution in [3.8, 4) is 0 Å². The molecule has 0 heterocycles. The molecule has 3 aromatic rings. The number of para-hydroxylation sites is 1. The minimum absolute atomic E-state index is 0.148. The van der Waals surface area contributed by atoms with Gasteiger partial charge in [0.05, 0.1) is 11.9 Å². The highest BCUT2D eigenvalue weighted by molar-refractivity contribution is 9.10. The van der Waals surface area contributed by atoms with Gasteiger partial charge >= 0.3 is 0 Å². The van der Waals surface area contributed by atoms with Gasteiger partial charge in [-0.3, -0.25) is 13.9 Å². The van der Waals surface area contributed by atoms with Gasteiger partial charge in [0, 0.05) is 24.0 Å². The predicted molar refractivity (Wildman–Crippen MR) is 165 cm³/mol. The van der Waals surface area contributed by atoms with Crippen LogP contribution in [0.2, 0.25) is 0 Å². The molecule has 0 aliphatic rings.